The zero-order valence-corrected chi connectivity index (χ0v) is 10.4. The lowest BCUT2D eigenvalue weighted by atomic mass is 10.3. The third-order valence-corrected chi connectivity index (χ3v) is 5.04. The second-order valence-electron chi connectivity index (χ2n) is 4.70. The van der Waals surface area contributed by atoms with Crippen LogP contribution < -0.4 is 5.73 Å². The van der Waals surface area contributed by atoms with E-state index >= 15 is 0 Å². The molecule has 1 fully saturated rings. The van der Waals surface area contributed by atoms with E-state index in [1.807, 2.05) is 0 Å². The maximum atomic E-state index is 12.1. The molecule has 0 aliphatic carbocycles. The van der Waals surface area contributed by atoms with Crippen molar-refractivity contribution in [3.8, 4) is 0 Å². The molecule has 1 saturated heterocycles. The number of nitrogens with zero attached hydrogens (tertiary/aromatic N) is 1. The topological polar surface area (TPSA) is 72.6 Å². The fourth-order valence-corrected chi connectivity index (χ4v) is 2.89. The highest BCUT2D eigenvalue weighted by Crippen LogP contribution is 2.22. The molecule has 1 aliphatic heterocycles. The smallest absolute Gasteiger partial charge is 0.219 e. The van der Waals surface area contributed by atoms with Gasteiger partial charge >= 0.3 is 0 Å². The fourth-order valence-electron chi connectivity index (χ4n) is 1.44. The van der Waals surface area contributed by atoms with Crippen molar-refractivity contribution in [3.63, 3.8) is 0 Å². The van der Waals surface area contributed by atoms with Crippen LogP contribution in [0.25, 0.3) is 0 Å². The van der Waals surface area contributed by atoms with Gasteiger partial charge in [0.1, 0.15) is 0 Å². The molecule has 1 rings (SSSR count). The van der Waals surface area contributed by atoms with E-state index in [2.05, 4.69) is 0 Å². The van der Waals surface area contributed by atoms with E-state index in [0.717, 1.165) is 0 Å². The maximum absolute atomic E-state index is 12.1. The highest BCUT2D eigenvalue weighted by molar-refractivity contribution is 7.90. The van der Waals surface area contributed by atoms with Crippen LogP contribution >= 0.6 is 0 Å². The molecule has 2 N–H and O–H groups in total. The third kappa shape index (κ3) is 2.69. The van der Waals surface area contributed by atoms with Gasteiger partial charge < -0.3 is 10.5 Å². The van der Waals surface area contributed by atoms with Crippen molar-refractivity contribution in [1.82, 2.24) is 4.31 Å². The Morgan fingerprint density at radius 3 is 2.53 bits per heavy atom. The minimum absolute atomic E-state index is 0.170. The normalized spacial score (nSPS) is 25.5. The highest BCUT2D eigenvalue weighted by atomic mass is 32.2. The molecule has 0 aromatic carbocycles. The van der Waals surface area contributed by atoms with E-state index in [-0.39, 0.29) is 6.10 Å². The second kappa shape index (κ2) is 4.37. The van der Waals surface area contributed by atoms with Gasteiger partial charge in [0.05, 0.1) is 17.5 Å². The Labute approximate surface area is 91.6 Å². The van der Waals surface area contributed by atoms with Crippen molar-refractivity contribution in [2.45, 2.75) is 31.6 Å². The van der Waals surface area contributed by atoms with Gasteiger partial charge in [-0.25, -0.2) is 8.42 Å². The Balaban J connectivity index is 2.80. The molecule has 6 heteroatoms. The Morgan fingerprint density at radius 1 is 1.47 bits per heavy atom. The number of rotatable bonds is 2. The number of nitrogens with two attached hydrogens (primary N) is 1. The van der Waals surface area contributed by atoms with Crippen LogP contribution in [-0.4, -0.2) is 49.8 Å². The van der Waals surface area contributed by atoms with Crippen molar-refractivity contribution < 1.29 is 13.2 Å². The van der Waals surface area contributed by atoms with Crippen molar-refractivity contribution in [3.05, 3.63) is 0 Å². The summed E-state index contributed by atoms with van der Waals surface area (Å²) in [5.41, 5.74) is 5.47. The molecule has 5 nitrogen and oxygen atoms in total. The highest BCUT2D eigenvalue weighted by Gasteiger charge is 2.37. The van der Waals surface area contributed by atoms with Crippen LogP contribution in [-0.2, 0) is 14.8 Å². The molecule has 0 aromatic rings. The van der Waals surface area contributed by atoms with Crippen molar-refractivity contribution in [2.75, 3.05) is 26.2 Å². The van der Waals surface area contributed by atoms with Crippen LogP contribution in [0, 0.1) is 0 Å². The molecule has 1 unspecified atom stereocenters. The Morgan fingerprint density at radius 2 is 2.07 bits per heavy atom. The van der Waals surface area contributed by atoms with Gasteiger partial charge in [0.15, 0.2) is 0 Å². The zero-order chi connectivity index (χ0) is 11.7. The number of sulfonamides is 1. The average Bonchev–Trinajstić information content (AvgIpc) is 2.16. The zero-order valence-electron chi connectivity index (χ0n) is 9.56. The van der Waals surface area contributed by atoms with Gasteiger partial charge in [0.25, 0.3) is 0 Å². The summed E-state index contributed by atoms with van der Waals surface area (Å²) in [7, 11) is -3.24. The average molecular weight is 236 g/mol. The molecule has 1 aliphatic rings. The van der Waals surface area contributed by atoms with Gasteiger partial charge in [0.2, 0.25) is 10.0 Å². The molecule has 0 radical (unpaired) electrons. The molecule has 90 valence electrons. The predicted molar refractivity (Wildman–Crippen MR) is 59.0 cm³/mol. The summed E-state index contributed by atoms with van der Waals surface area (Å²) in [6.45, 7) is 6.69. The van der Waals surface area contributed by atoms with Gasteiger partial charge in [-0.2, -0.15) is 4.31 Å². The lowest BCUT2D eigenvalue weighted by Gasteiger charge is -2.35. The molecule has 1 atom stereocenters. The van der Waals surface area contributed by atoms with Gasteiger partial charge in [0, 0.05) is 19.6 Å². The lowest BCUT2D eigenvalue weighted by molar-refractivity contribution is 0.00393. The van der Waals surface area contributed by atoms with Crippen LogP contribution in [0.2, 0.25) is 0 Å². The van der Waals surface area contributed by atoms with Crippen LogP contribution in [0.15, 0.2) is 0 Å². The summed E-state index contributed by atoms with van der Waals surface area (Å²) >= 11 is 0. The largest absolute Gasteiger partial charge is 0.374 e. The summed E-state index contributed by atoms with van der Waals surface area (Å²) in [5, 5.41) is 0. The van der Waals surface area contributed by atoms with E-state index in [0.29, 0.717) is 26.2 Å². The summed E-state index contributed by atoms with van der Waals surface area (Å²) in [6.07, 6.45) is -0.170. The Bertz CT molecular complexity index is 308. The quantitative estimate of drug-likeness (QED) is 0.719. The summed E-state index contributed by atoms with van der Waals surface area (Å²) in [4.78, 5) is 0. The van der Waals surface area contributed by atoms with Gasteiger partial charge in [-0.1, -0.05) is 0 Å². The van der Waals surface area contributed by atoms with Crippen molar-refractivity contribution in [2.24, 2.45) is 5.73 Å². The molecule has 15 heavy (non-hydrogen) atoms. The van der Waals surface area contributed by atoms with E-state index in [4.69, 9.17) is 10.5 Å². The van der Waals surface area contributed by atoms with Crippen molar-refractivity contribution in [1.29, 1.82) is 0 Å². The van der Waals surface area contributed by atoms with Crippen molar-refractivity contribution >= 4 is 10.0 Å². The molecule has 0 amide bonds. The van der Waals surface area contributed by atoms with Gasteiger partial charge in [-0.15, -0.1) is 0 Å². The Kier molecular flexibility index (Phi) is 3.76. The van der Waals surface area contributed by atoms with Crippen LogP contribution in [0.5, 0.6) is 0 Å². The van der Waals surface area contributed by atoms with Gasteiger partial charge in [-0.05, 0) is 20.8 Å². The SMILES string of the molecule is CC(C)(C)S(=O)(=O)N1CCOC(CN)C1. The van der Waals surface area contributed by atoms with Crippen LogP contribution in [0.4, 0.5) is 0 Å². The first-order chi connectivity index (χ1) is 6.79. The molecule has 0 bridgehead atoms. The van der Waals surface area contributed by atoms with E-state index < -0.39 is 14.8 Å². The number of hydrogen-bond acceptors (Lipinski definition) is 4. The first-order valence-electron chi connectivity index (χ1n) is 5.10. The predicted octanol–water partition coefficient (Wildman–Crippen LogP) is -0.226. The minimum atomic E-state index is -3.24. The molecule has 0 saturated carbocycles. The third-order valence-electron chi connectivity index (χ3n) is 2.48. The summed E-state index contributed by atoms with van der Waals surface area (Å²) < 4.78 is 30.3. The first kappa shape index (κ1) is 12.9. The second-order valence-corrected chi connectivity index (χ2v) is 7.40. The van der Waals surface area contributed by atoms with E-state index in [1.165, 1.54) is 4.31 Å². The van der Waals surface area contributed by atoms with E-state index in [1.54, 1.807) is 20.8 Å². The molecular weight excluding hydrogens is 216 g/mol. The maximum Gasteiger partial charge on any atom is 0.219 e. The standard InChI is InChI=1S/C9H20N2O3S/c1-9(2,3)15(12,13)11-4-5-14-8(6-10)7-11/h8H,4-7,10H2,1-3H3. The van der Waals surface area contributed by atoms with Crippen LogP contribution in [0.3, 0.4) is 0 Å². The Hall–Kier alpha value is -0.170. The minimum Gasteiger partial charge on any atom is -0.374 e. The first-order valence-corrected chi connectivity index (χ1v) is 6.54. The molecule has 0 spiro atoms. The summed E-state index contributed by atoms with van der Waals surface area (Å²) in [6, 6.07) is 0. The molecule has 1 heterocycles. The van der Waals surface area contributed by atoms with Crippen LogP contribution in [0.1, 0.15) is 20.8 Å². The molecular formula is C9H20N2O3S. The molecule has 0 aromatic heterocycles. The fraction of sp³-hybridized carbons (Fsp3) is 1.00. The van der Waals surface area contributed by atoms with Gasteiger partial charge in [-0.3, -0.25) is 0 Å². The monoisotopic (exact) mass is 236 g/mol. The number of hydrogen-bond donors (Lipinski definition) is 1. The number of ether oxygens (including phenoxy) is 1. The number of morpholine rings is 1. The lowest BCUT2D eigenvalue weighted by Crippen LogP contribution is -2.52. The summed E-state index contributed by atoms with van der Waals surface area (Å²) in [5.74, 6) is 0. The van der Waals surface area contributed by atoms with E-state index in [9.17, 15) is 8.42 Å².